The highest BCUT2D eigenvalue weighted by Gasteiger charge is 2.58. The molecule has 4 nitrogen and oxygen atoms in total. The van der Waals surface area contributed by atoms with Crippen LogP contribution >= 0.6 is 34.9 Å². The van der Waals surface area contributed by atoms with Gasteiger partial charge in [-0.1, -0.05) is 101 Å². The van der Waals surface area contributed by atoms with Crippen LogP contribution < -0.4 is 28.8 Å². The van der Waals surface area contributed by atoms with Crippen LogP contribution in [0.4, 0.5) is 45.5 Å². The van der Waals surface area contributed by atoms with Crippen LogP contribution in [0.25, 0.3) is 22.3 Å². The molecule has 0 aliphatic carbocycles. The first-order chi connectivity index (χ1) is 30.0. The molecule has 310 valence electrons. The maximum atomic E-state index is 2.74. The molecule has 0 fully saturated rings. The average molecular weight is 873 g/mol. The molecule has 7 heterocycles. The molecule has 0 spiro atoms. The maximum Gasteiger partial charge on any atom is 0.432 e. The molecule has 63 heavy (non-hydrogen) atoms. The summed E-state index contributed by atoms with van der Waals surface area (Å²) in [6.45, 7) is 27.8. The molecule has 13 rings (SSSR count). The van der Waals surface area contributed by atoms with Gasteiger partial charge in [-0.05, 0) is 145 Å². The van der Waals surface area contributed by atoms with Gasteiger partial charge in [-0.2, -0.15) is 11.3 Å². The van der Waals surface area contributed by atoms with Crippen LogP contribution in [0, 0.1) is 41.5 Å². The summed E-state index contributed by atoms with van der Waals surface area (Å²) >= 11 is 6.00. The van der Waals surface area contributed by atoms with Gasteiger partial charge in [0, 0.05) is 74.1 Å². The lowest BCUT2D eigenvalue weighted by molar-refractivity contribution is 0.590. The van der Waals surface area contributed by atoms with Crippen LogP contribution in [-0.2, 0) is 10.8 Å². The number of thiophene rings is 1. The Labute approximate surface area is 386 Å². The highest BCUT2D eigenvalue weighted by atomic mass is 32.2. The lowest BCUT2D eigenvalue weighted by atomic mass is 9.60. The molecular weight excluding hydrogens is 822 g/mol. The largest absolute Gasteiger partial charge is 0.432 e. The minimum atomic E-state index is -0.0444. The van der Waals surface area contributed by atoms with E-state index in [1.807, 2.05) is 23.5 Å². The van der Waals surface area contributed by atoms with E-state index >= 15 is 0 Å². The van der Waals surface area contributed by atoms with E-state index in [2.05, 4.69) is 199 Å². The van der Waals surface area contributed by atoms with Gasteiger partial charge in [-0.25, -0.2) is 0 Å². The number of benzene rings is 6. The highest BCUT2D eigenvalue weighted by Crippen LogP contribution is 2.65. The van der Waals surface area contributed by atoms with Gasteiger partial charge in [0.05, 0.1) is 22.7 Å². The average Bonchev–Trinajstić information content (AvgIpc) is 3.90. The Morgan fingerprint density at radius 3 is 1.24 bits per heavy atom. The molecule has 0 saturated carbocycles. The van der Waals surface area contributed by atoms with Crippen molar-refractivity contribution in [3.8, 4) is 22.3 Å². The molecule has 0 atom stereocenters. The molecular formula is C54H50B2N4S3. The first-order valence-electron chi connectivity index (χ1n) is 22.5. The van der Waals surface area contributed by atoms with Crippen LogP contribution in [0.1, 0.15) is 86.1 Å². The number of rotatable bonds is 0. The van der Waals surface area contributed by atoms with Gasteiger partial charge in [0.2, 0.25) is 0 Å². The van der Waals surface area contributed by atoms with Crippen molar-refractivity contribution in [3.63, 3.8) is 0 Å². The molecule has 1 aromatic heterocycles. The van der Waals surface area contributed by atoms with Crippen LogP contribution in [0.3, 0.4) is 0 Å². The van der Waals surface area contributed by atoms with E-state index in [1.54, 1.807) is 0 Å². The van der Waals surface area contributed by atoms with Gasteiger partial charge in [-0.15, -0.1) is 0 Å². The predicted molar refractivity (Wildman–Crippen MR) is 274 cm³/mol. The summed E-state index contributed by atoms with van der Waals surface area (Å²) < 4.78 is 2.86. The third-order valence-electron chi connectivity index (χ3n) is 14.9. The second-order valence-corrected chi connectivity index (χ2v) is 24.1. The first-order valence-corrected chi connectivity index (χ1v) is 24.9. The summed E-state index contributed by atoms with van der Waals surface area (Å²) in [5.74, 6) is 0. The molecule has 0 radical (unpaired) electrons. The summed E-state index contributed by atoms with van der Waals surface area (Å²) in [6.07, 6.45) is 0. The smallest absolute Gasteiger partial charge is 0.359 e. The van der Waals surface area contributed by atoms with Crippen molar-refractivity contribution in [2.45, 2.75) is 113 Å². The van der Waals surface area contributed by atoms with Crippen molar-refractivity contribution < 1.29 is 0 Å². The first kappa shape index (κ1) is 38.5. The van der Waals surface area contributed by atoms with Crippen LogP contribution in [0.15, 0.2) is 105 Å². The van der Waals surface area contributed by atoms with E-state index in [9.17, 15) is 0 Å². The number of aryl methyl sites for hydroxylation is 4. The van der Waals surface area contributed by atoms with Crippen LogP contribution in [0.5, 0.6) is 0 Å². The monoisotopic (exact) mass is 872 g/mol. The zero-order valence-electron chi connectivity index (χ0n) is 38.3. The number of hydrogen-bond acceptors (Lipinski definition) is 7. The Hall–Kier alpha value is -4.95. The van der Waals surface area contributed by atoms with E-state index in [-0.39, 0.29) is 24.8 Å². The third kappa shape index (κ3) is 4.94. The van der Waals surface area contributed by atoms with Gasteiger partial charge >= 0.3 is 14.0 Å². The molecule has 7 aromatic rings. The van der Waals surface area contributed by atoms with Gasteiger partial charge in [0.15, 0.2) is 0 Å². The van der Waals surface area contributed by atoms with Crippen molar-refractivity contribution in [1.82, 2.24) is 0 Å². The number of anilines is 8. The van der Waals surface area contributed by atoms with Gasteiger partial charge in [0.1, 0.15) is 0 Å². The minimum absolute atomic E-state index is 0.0124. The van der Waals surface area contributed by atoms with E-state index < -0.39 is 0 Å². The minimum Gasteiger partial charge on any atom is -0.359 e. The molecule has 9 heteroatoms. The second kappa shape index (κ2) is 12.4. The zero-order chi connectivity index (χ0) is 43.5. The van der Waals surface area contributed by atoms with Crippen molar-refractivity contribution in [1.29, 1.82) is 0 Å². The normalized spacial score (nSPS) is 15.6. The lowest BCUT2D eigenvalue weighted by Gasteiger charge is -2.38. The van der Waals surface area contributed by atoms with Crippen molar-refractivity contribution >= 4 is 104 Å². The molecule has 0 amide bonds. The van der Waals surface area contributed by atoms with E-state index in [0.29, 0.717) is 0 Å². The fourth-order valence-electron chi connectivity index (χ4n) is 11.2. The maximum absolute atomic E-state index is 2.74. The number of hydrogen-bond donors (Lipinski definition) is 0. The second-order valence-electron chi connectivity index (χ2n) is 20.9. The van der Waals surface area contributed by atoms with E-state index in [0.717, 1.165) is 0 Å². The lowest BCUT2D eigenvalue weighted by Crippen LogP contribution is -2.55. The Morgan fingerprint density at radius 2 is 0.841 bits per heavy atom. The van der Waals surface area contributed by atoms with Crippen molar-refractivity contribution in [2.24, 2.45) is 0 Å². The zero-order valence-corrected chi connectivity index (χ0v) is 40.7. The topological polar surface area (TPSA) is 13.0 Å². The fraction of sp³-hybridized carbons (Fsp3) is 0.259. The van der Waals surface area contributed by atoms with Gasteiger partial charge < -0.3 is 19.2 Å². The summed E-state index contributed by atoms with van der Waals surface area (Å²) in [5.41, 5.74) is 26.8. The standard InChI is InChI=1S/C54H50B2N4S3/c1-27-13-19-37-43(21-27)61-49-31(5)29(3)23-41-47(49)59(37)55-51-45(35-17-15-33(53(7,8)9)25-39(35)57(41)55)46-36-18-16-34(54(10,11)12)26-40(36)58-42-24-30(4)32(6)50-48(42)60(56(58)52(46)63-51)38-20-14-28(2)22-44(38)62-50/h13-26H,1-12H3. The quantitative estimate of drug-likeness (QED) is 0.140. The molecule has 0 unspecified atom stereocenters. The molecule has 6 aliphatic heterocycles. The summed E-state index contributed by atoms with van der Waals surface area (Å²) in [7, 11) is 0. The highest BCUT2D eigenvalue weighted by molar-refractivity contribution is 8.00. The third-order valence-corrected chi connectivity index (χ3v) is 18.6. The molecule has 0 bridgehead atoms. The molecule has 0 saturated heterocycles. The number of fused-ring (bicyclic) bond motifs is 21. The Balaban J connectivity index is 1.17. The van der Waals surface area contributed by atoms with Crippen molar-refractivity contribution in [2.75, 3.05) is 19.2 Å². The van der Waals surface area contributed by atoms with Gasteiger partial charge in [0.25, 0.3) is 0 Å². The Kier molecular flexibility index (Phi) is 7.60. The molecule has 6 aromatic carbocycles. The Morgan fingerprint density at radius 1 is 0.429 bits per heavy atom. The Bertz CT molecular complexity index is 3070. The van der Waals surface area contributed by atoms with Gasteiger partial charge in [-0.3, -0.25) is 0 Å². The molecule has 6 aliphatic rings. The van der Waals surface area contributed by atoms with Crippen LogP contribution in [-0.4, -0.2) is 14.0 Å². The van der Waals surface area contributed by atoms with E-state index in [1.165, 1.54) is 141 Å². The van der Waals surface area contributed by atoms with Crippen LogP contribution in [0.2, 0.25) is 0 Å². The molecule has 0 N–H and O–H groups in total. The van der Waals surface area contributed by atoms with E-state index in [4.69, 9.17) is 0 Å². The summed E-state index contributed by atoms with van der Waals surface area (Å²) in [6, 6.07) is 34.1. The fourth-order valence-corrected chi connectivity index (χ4v) is 15.4. The number of nitrogens with zero attached hydrogens (tertiary/aromatic N) is 4. The summed E-state index contributed by atoms with van der Waals surface area (Å²) in [4.78, 5) is 16.4. The van der Waals surface area contributed by atoms with Crippen molar-refractivity contribution in [3.05, 3.63) is 129 Å². The predicted octanol–water partition coefficient (Wildman–Crippen LogP) is 14.5. The SMILES string of the molecule is Cc1ccc2c(c1)Sc1c(C)c(C)cc3c1N2B1c2sc4c(c2-c2ccc(C(C)(C)C)cc2N13)-c1ccc(C(C)(C)C)cc1N1B4N2c3ccc(C)cc3Sc3c(C)c(C)cc1c32. The summed E-state index contributed by atoms with van der Waals surface area (Å²) in [5, 5.41) is 0.